The van der Waals surface area contributed by atoms with Crippen LogP contribution in [0, 0.1) is 0 Å². The molecule has 31 atom stereocenters. The molecule has 2 amide bonds. The van der Waals surface area contributed by atoms with E-state index in [0.29, 0.717) is 0 Å². The fourth-order valence-corrected chi connectivity index (χ4v) is 9.94. The molecule has 6 fully saturated rings. The SMILES string of the molecule is CC(=O)N[C@H]1[C@H](O[C@@H]2[C@H](O[C@]3(C(=O)[O-])C[C@H](O)[C@@H](NC(C)=O)[C@H]([C@H](O)[C@H](O)CO)O3)[C@@H](O)[C@H](O[C@H]3[C@H](O)[C@@H](O)C(O)O[C@@H]3CO)O[C@@H]2CO)O[C@H](CO)[C@H](O)[C@@H]1O[C@@H]1O[C@H](CO)[C@H](O)[C@H](O)[C@H]1O[C@@H]1O[C@@H](C)[C@@H](O)[C@@H](O)[C@@H]1O. The maximum absolute atomic E-state index is 13.4. The van der Waals surface area contributed by atoms with E-state index in [1.807, 2.05) is 0 Å². The molecule has 35 heteroatoms. The van der Waals surface area contributed by atoms with Gasteiger partial charge in [-0.15, -0.1) is 0 Å². The Morgan fingerprint density at radius 3 is 1.62 bits per heavy atom. The van der Waals surface area contributed by atoms with Crippen molar-refractivity contribution in [3.8, 4) is 0 Å². The molecule has 6 rings (SSSR count). The number of rotatable bonds is 20. The van der Waals surface area contributed by atoms with Gasteiger partial charge in [0, 0.05) is 20.3 Å². The average molecular weight is 1140 g/mol. The molecular weight excluding hydrogens is 1070 g/mol. The lowest BCUT2D eigenvalue weighted by atomic mass is 9.88. The lowest BCUT2D eigenvalue weighted by molar-refractivity contribution is -0.421. The Bertz CT molecular complexity index is 1950. The van der Waals surface area contributed by atoms with Gasteiger partial charge in [0.15, 0.2) is 31.5 Å². The van der Waals surface area contributed by atoms with E-state index in [4.69, 9.17) is 52.1 Å². The summed E-state index contributed by atoms with van der Waals surface area (Å²) in [6.07, 6.45) is -59.3. The molecule has 6 aliphatic rings. The molecule has 1 unspecified atom stereocenters. The van der Waals surface area contributed by atoms with Crippen molar-refractivity contribution in [2.75, 3.05) is 33.0 Å². The van der Waals surface area contributed by atoms with Crippen LogP contribution in [0.1, 0.15) is 27.2 Å². The van der Waals surface area contributed by atoms with Crippen LogP contribution < -0.4 is 15.7 Å². The van der Waals surface area contributed by atoms with Crippen molar-refractivity contribution in [1.82, 2.24) is 10.6 Å². The third-order valence-corrected chi connectivity index (χ3v) is 14.2. The smallest absolute Gasteiger partial charge is 0.217 e. The van der Waals surface area contributed by atoms with Crippen molar-refractivity contribution in [2.24, 2.45) is 0 Å². The summed E-state index contributed by atoms with van der Waals surface area (Å²) in [7, 11) is 0. The van der Waals surface area contributed by atoms with Crippen molar-refractivity contribution in [3.63, 3.8) is 0 Å². The van der Waals surface area contributed by atoms with Crippen LogP contribution in [0.4, 0.5) is 0 Å². The molecule has 0 bridgehead atoms. The minimum atomic E-state index is -3.49. The van der Waals surface area contributed by atoms with Crippen molar-refractivity contribution in [3.05, 3.63) is 0 Å². The standard InChI is InChI=1S/C43H72N2O33/c1-10-21(55)25(59)29(63)39(68-10)76-36-26(60)23(57)15(6-47)71-41(36)75-33-20(45-12(3)52)38(70-16(7-48)24(33)58)74-32-18(9-50)72-40(73-31-17(8-49)69-37(65)28(62)27(31)61)30(64)35(32)78-43(42(66)67)4-13(53)19(44-11(2)51)34(77-43)22(56)14(54)5-46/h10,13-41,46-50,53-65H,4-9H2,1-3H3,(H,44,51)(H,45,52)(H,66,67)/p-1/t10-,13-,14+,15+,16+,17+,18+,19+,20+,21+,22+,23-,24-,25+,26-,27+,28+,29-,30+,31+,32-,33+,34+,35+,36+,37?,38-,39-,40-,41-,43-/m0/s1. The second kappa shape index (κ2) is 27.1. The van der Waals surface area contributed by atoms with Gasteiger partial charge in [-0.05, 0) is 6.92 Å². The Morgan fingerprint density at radius 1 is 0.538 bits per heavy atom. The van der Waals surface area contributed by atoms with Crippen LogP contribution in [0.2, 0.25) is 0 Å². The first-order valence-corrected chi connectivity index (χ1v) is 24.6. The van der Waals surface area contributed by atoms with Gasteiger partial charge in [-0.2, -0.15) is 0 Å². The number of hydrogen-bond acceptors (Lipinski definition) is 33. The molecule has 78 heavy (non-hydrogen) atoms. The number of carbonyl (C=O) groups is 3. The van der Waals surface area contributed by atoms with E-state index >= 15 is 0 Å². The summed E-state index contributed by atoms with van der Waals surface area (Å²) >= 11 is 0. The molecule has 6 saturated heterocycles. The number of hydrogen-bond donors (Lipinski definition) is 20. The zero-order chi connectivity index (χ0) is 58.0. The van der Waals surface area contributed by atoms with Crippen molar-refractivity contribution >= 4 is 17.8 Å². The van der Waals surface area contributed by atoms with Crippen LogP contribution >= 0.6 is 0 Å². The highest BCUT2D eigenvalue weighted by molar-refractivity contribution is 5.75. The molecule has 6 aliphatic heterocycles. The third-order valence-electron chi connectivity index (χ3n) is 14.2. The number of aliphatic carboxylic acids is 1. The van der Waals surface area contributed by atoms with Crippen molar-refractivity contribution in [2.45, 2.75) is 217 Å². The first kappa shape index (κ1) is 64.4. The van der Waals surface area contributed by atoms with Crippen LogP contribution in [0.15, 0.2) is 0 Å². The van der Waals surface area contributed by atoms with Gasteiger partial charge in [-0.1, -0.05) is 0 Å². The van der Waals surface area contributed by atoms with E-state index in [0.717, 1.165) is 13.8 Å². The first-order chi connectivity index (χ1) is 36.7. The molecule has 0 spiro atoms. The number of carboxylic acid groups (broad SMARTS) is 1. The second-order valence-corrected chi connectivity index (χ2v) is 19.6. The Balaban J connectivity index is 1.43. The molecule has 452 valence electrons. The van der Waals surface area contributed by atoms with Crippen LogP contribution in [0.5, 0.6) is 0 Å². The highest BCUT2D eigenvalue weighted by Crippen LogP contribution is 2.41. The van der Waals surface area contributed by atoms with E-state index in [9.17, 15) is 111 Å². The zero-order valence-corrected chi connectivity index (χ0v) is 41.7. The monoisotopic (exact) mass is 1140 g/mol. The fourth-order valence-electron chi connectivity index (χ4n) is 9.94. The van der Waals surface area contributed by atoms with Gasteiger partial charge in [-0.3, -0.25) is 9.59 Å². The maximum Gasteiger partial charge on any atom is 0.217 e. The van der Waals surface area contributed by atoms with Crippen LogP contribution in [-0.2, 0) is 66.5 Å². The van der Waals surface area contributed by atoms with Gasteiger partial charge >= 0.3 is 0 Å². The third kappa shape index (κ3) is 13.5. The maximum atomic E-state index is 13.4. The van der Waals surface area contributed by atoms with Crippen LogP contribution in [-0.4, -0.2) is 332 Å². The van der Waals surface area contributed by atoms with Gasteiger partial charge in [0.25, 0.3) is 0 Å². The Morgan fingerprint density at radius 2 is 1.04 bits per heavy atom. The Hall–Kier alpha value is -2.75. The van der Waals surface area contributed by atoms with Gasteiger partial charge in [0.2, 0.25) is 17.6 Å². The quantitative estimate of drug-likeness (QED) is 0.0538. The molecule has 35 nitrogen and oxygen atoms in total. The summed E-state index contributed by atoms with van der Waals surface area (Å²) in [6.45, 7) is -2.58. The summed E-state index contributed by atoms with van der Waals surface area (Å²) in [5.41, 5.74) is 0. The normalized spacial score (nSPS) is 48.1. The molecule has 0 saturated carbocycles. The largest absolute Gasteiger partial charge is 0.544 e. The molecule has 0 aromatic carbocycles. The summed E-state index contributed by atoms with van der Waals surface area (Å²) < 4.78 is 63.7. The number of nitrogens with one attached hydrogen (secondary N) is 2. The lowest BCUT2D eigenvalue weighted by Crippen LogP contribution is -2.73. The number of carbonyl (C=O) groups excluding carboxylic acids is 3. The predicted molar refractivity (Wildman–Crippen MR) is 236 cm³/mol. The molecular formula is C43H71N2O33-. The van der Waals surface area contributed by atoms with Gasteiger partial charge in [-0.25, -0.2) is 0 Å². The van der Waals surface area contributed by atoms with Crippen molar-refractivity contribution < 1.29 is 164 Å². The topological polar surface area (TPSA) is 564 Å². The molecule has 0 aromatic heterocycles. The summed E-state index contributed by atoms with van der Waals surface area (Å²) in [5.74, 6) is -7.79. The second-order valence-electron chi connectivity index (χ2n) is 19.6. The fraction of sp³-hybridized carbons (Fsp3) is 0.930. The van der Waals surface area contributed by atoms with E-state index in [2.05, 4.69) is 10.6 Å². The van der Waals surface area contributed by atoms with E-state index < -0.39 is 247 Å². The molecule has 0 aromatic rings. The summed E-state index contributed by atoms with van der Waals surface area (Å²) in [4.78, 5) is 38.7. The highest BCUT2D eigenvalue weighted by Gasteiger charge is 2.61. The Labute approximate surface area is 441 Å². The Kier molecular flexibility index (Phi) is 22.4. The molecule has 0 aliphatic carbocycles. The number of carboxylic acids is 1. The van der Waals surface area contributed by atoms with E-state index in [1.165, 1.54) is 6.92 Å². The van der Waals surface area contributed by atoms with Gasteiger partial charge < -0.3 is 165 Å². The first-order valence-electron chi connectivity index (χ1n) is 24.6. The van der Waals surface area contributed by atoms with Gasteiger partial charge in [0.05, 0.1) is 51.3 Å². The highest BCUT2D eigenvalue weighted by atomic mass is 16.8. The lowest BCUT2D eigenvalue weighted by Gasteiger charge is -2.54. The minimum absolute atomic E-state index is 0.894. The number of aliphatic hydroxyl groups is 18. The van der Waals surface area contributed by atoms with Crippen LogP contribution in [0.25, 0.3) is 0 Å². The zero-order valence-electron chi connectivity index (χ0n) is 41.7. The number of amides is 2. The van der Waals surface area contributed by atoms with E-state index in [-0.39, 0.29) is 0 Å². The minimum Gasteiger partial charge on any atom is -0.544 e. The van der Waals surface area contributed by atoms with Crippen molar-refractivity contribution in [1.29, 1.82) is 0 Å². The predicted octanol–water partition coefficient (Wildman–Crippen LogP) is -14.9. The van der Waals surface area contributed by atoms with E-state index in [1.54, 1.807) is 0 Å². The molecule has 6 heterocycles. The summed E-state index contributed by atoms with van der Waals surface area (Å²) in [5, 5.41) is 212. The number of aliphatic hydroxyl groups excluding tert-OH is 18. The van der Waals surface area contributed by atoms with Crippen LogP contribution in [0.3, 0.4) is 0 Å². The average Bonchev–Trinajstić information content (AvgIpc) is 3.50. The number of ether oxygens (including phenoxy) is 11. The van der Waals surface area contributed by atoms with Gasteiger partial charge in [0.1, 0.15) is 140 Å². The summed E-state index contributed by atoms with van der Waals surface area (Å²) in [6, 6.07) is -3.78. The molecule has 0 radical (unpaired) electrons. The molecule has 20 N–H and O–H groups in total.